The van der Waals surface area contributed by atoms with Gasteiger partial charge in [0.25, 0.3) is 0 Å². The van der Waals surface area contributed by atoms with Crippen molar-refractivity contribution in [3.8, 4) is 0 Å². The van der Waals surface area contributed by atoms with Gasteiger partial charge < -0.3 is 16.0 Å². The van der Waals surface area contributed by atoms with Gasteiger partial charge in [0, 0.05) is 26.7 Å². The van der Waals surface area contributed by atoms with Crippen molar-refractivity contribution in [1.29, 1.82) is 0 Å². The van der Waals surface area contributed by atoms with Gasteiger partial charge in [-0.05, 0) is 13.0 Å². The maximum absolute atomic E-state index is 12.0. The Kier molecular flexibility index (Phi) is 4.43. The molecule has 2 heterocycles. The van der Waals surface area contributed by atoms with Crippen LogP contribution in [-0.4, -0.2) is 57.5 Å². The first-order chi connectivity index (χ1) is 8.68. The summed E-state index contributed by atoms with van der Waals surface area (Å²) in [6, 6.07) is 0. The average Bonchev–Trinajstić information content (AvgIpc) is 2.63. The van der Waals surface area contributed by atoms with Gasteiger partial charge in [-0.3, -0.25) is 9.36 Å². The highest BCUT2D eigenvalue weighted by Gasteiger charge is 2.16. The molecule has 1 amide bonds. The molecule has 0 unspecified atom stereocenters. The minimum atomic E-state index is 0.144. The Balaban J connectivity index is 1.85. The van der Waals surface area contributed by atoms with Gasteiger partial charge in [-0.2, -0.15) is 0 Å². The zero-order valence-corrected chi connectivity index (χ0v) is 11.2. The maximum atomic E-state index is 12.0. The molecule has 1 aromatic rings. The van der Waals surface area contributed by atoms with Crippen molar-refractivity contribution in [1.82, 2.24) is 25.0 Å². The van der Waals surface area contributed by atoms with Gasteiger partial charge >= 0.3 is 0 Å². The van der Waals surface area contributed by atoms with Crippen LogP contribution < -0.4 is 11.1 Å². The van der Waals surface area contributed by atoms with Crippen LogP contribution in [0.4, 0.5) is 5.95 Å². The van der Waals surface area contributed by atoms with E-state index in [2.05, 4.69) is 15.5 Å². The van der Waals surface area contributed by atoms with Gasteiger partial charge in [-0.1, -0.05) is 11.8 Å². The topological polar surface area (TPSA) is 89.1 Å². The third-order valence-electron chi connectivity index (χ3n) is 2.89. The standard InChI is InChI=1S/C10H18N6OS/c1-15-9(11)13-14-10(15)18-7-8(17)16-5-2-3-12-4-6-16/h12H,2-7H2,1H3,(H2,11,13). The van der Waals surface area contributed by atoms with Crippen molar-refractivity contribution in [3.05, 3.63) is 0 Å². The molecule has 7 nitrogen and oxygen atoms in total. The van der Waals surface area contributed by atoms with E-state index in [1.807, 2.05) is 4.90 Å². The summed E-state index contributed by atoms with van der Waals surface area (Å²) in [5.74, 6) is 0.889. The van der Waals surface area contributed by atoms with E-state index in [1.165, 1.54) is 11.8 Å². The molecule has 1 aromatic heterocycles. The van der Waals surface area contributed by atoms with Crippen LogP contribution in [-0.2, 0) is 11.8 Å². The lowest BCUT2D eigenvalue weighted by atomic mass is 10.4. The number of carbonyl (C=O) groups is 1. The Hall–Kier alpha value is -1.28. The molecule has 1 aliphatic rings. The lowest BCUT2D eigenvalue weighted by Crippen LogP contribution is -2.35. The van der Waals surface area contributed by atoms with Crippen molar-refractivity contribution in [2.45, 2.75) is 11.6 Å². The largest absolute Gasteiger partial charge is 0.368 e. The Labute approximate surface area is 110 Å². The summed E-state index contributed by atoms with van der Waals surface area (Å²) in [5.41, 5.74) is 5.58. The molecule has 1 aliphatic heterocycles. The minimum absolute atomic E-state index is 0.144. The number of nitrogens with one attached hydrogen (secondary N) is 1. The number of aromatic nitrogens is 3. The fourth-order valence-corrected chi connectivity index (χ4v) is 2.59. The summed E-state index contributed by atoms with van der Waals surface area (Å²) in [5, 5.41) is 11.6. The lowest BCUT2D eigenvalue weighted by Gasteiger charge is -2.19. The number of amides is 1. The van der Waals surface area contributed by atoms with Gasteiger partial charge in [0.15, 0.2) is 5.16 Å². The van der Waals surface area contributed by atoms with E-state index in [0.717, 1.165) is 32.6 Å². The number of carbonyl (C=O) groups excluding carboxylic acids is 1. The van der Waals surface area contributed by atoms with Crippen molar-refractivity contribution in [2.24, 2.45) is 7.05 Å². The third-order valence-corrected chi connectivity index (χ3v) is 3.89. The normalized spacial score (nSPS) is 16.6. The Morgan fingerprint density at radius 3 is 3.00 bits per heavy atom. The van der Waals surface area contributed by atoms with Crippen LogP contribution in [0.2, 0.25) is 0 Å². The number of hydrogen-bond donors (Lipinski definition) is 2. The molecule has 2 rings (SSSR count). The van der Waals surface area contributed by atoms with E-state index in [-0.39, 0.29) is 5.91 Å². The fourth-order valence-electron chi connectivity index (χ4n) is 1.76. The second kappa shape index (κ2) is 6.05. The van der Waals surface area contributed by atoms with E-state index in [9.17, 15) is 4.79 Å². The zero-order valence-electron chi connectivity index (χ0n) is 10.4. The van der Waals surface area contributed by atoms with Crippen LogP contribution in [0.1, 0.15) is 6.42 Å². The summed E-state index contributed by atoms with van der Waals surface area (Å²) in [6.45, 7) is 3.46. The summed E-state index contributed by atoms with van der Waals surface area (Å²) in [6.07, 6.45) is 1.01. The van der Waals surface area contributed by atoms with Crippen LogP contribution in [0, 0.1) is 0 Å². The van der Waals surface area contributed by atoms with Crippen LogP contribution in [0.25, 0.3) is 0 Å². The number of nitrogen functional groups attached to an aromatic ring is 1. The number of hydrogen-bond acceptors (Lipinski definition) is 6. The number of nitrogens with two attached hydrogens (primary N) is 1. The molecule has 100 valence electrons. The van der Waals surface area contributed by atoms with Crippen LogP contribution >= 0.6 is 11.8 Å². The first-order valence-corrected chi connectivity index (χ1v) is 6.93. The van der Waals surface area contributed by atoms with Gasteiger partial charge in [0.2, 0.25) is 11.9 Å². The van der Waals surface area contributed by atoms with E-state index >= 15 is 0 Å². The highest BCUT2D eigenvalue weighted by atomic mass is 32.2. The number of thioether (sulfide) groups is 1. The molecule has 0 spiro atoms. The molecule has 1 fully saturated rings. The number of rotatable bonds is 3. The smallest absolute Gasteiger partial charge is 0.233 e. The highest BCUT2D eigenvalue weighted by Crippen LogP contribution is 2.16. The van der Waals surface area contributed by atoms with E-state index < -0.39 is 0 Å². The molecule has 0 bridgehead atoms. The SMILES string of the molecule is Cn1c(N)nnc1SCC(=O)N1CCCNCC1. The predicted octanol–water partition coefficient (Wildman–Crippen LogP) is -0.689. The molecule has 1 saturated heterocycles. The summed E-state index contributed by atoms with van der Waals surface area (Å²) in [7, 11) is 1.79. The Morgan fingerprint density at radius 2 is 2.28 bits per heavy atom. The lowest BCUT2D eigenvalue weighted by molar-refractivity contribution is -0.128. The first-order valence-electron chi connectivity index (χ1n) is 5.94. The maximum Gasteiger partial charge on any atom is 0.233 e. The monoisotopic (exact) mass is 270 g/mol. The highest BCUT2D eigenvalue weighted by molar-refractivity contribution is 7.99. The average molecular weight is 270 g/mol. The van der Waals surface area contributed by atoms with Gasteiger partial charge in [-0.25, -0.2) is 0 Å². The summed E-state index contributed by atoms with van der Waals surface area (Å²) >= 11 is 1.37. The van der Waals surface area contributed by atoms with Crippen LogP contribution in [0.5, 0.6) is 0 Å². The Bertz CT molecular complexity index is 413. The number of anilines is 1. The molecule has 0 aromatic carbocycles. The van der Waals surface area contributed by atoms with Crippen molar-refractivity contribution in [2.75, 3.05) is 37.7 Å². The Morgan fingerprint density at radius 1 is 1.44 bits per heavy atom. The second-order valence-corrected chi connectivity index (χ2v) is 5.12. The van der Waals surface area contributed by atoms with Gasteiger partial charge in [0.1, 0.15) is 0 Å². The van der Waals surface area contributed by atoms with E-state index in [1.54, 1.807) is 11.6 Å². The third kappa shape index (κ3) is 3.14. The predicted molar refractivity (Wildman–Crippen MR) is 70.2 cm³/mol. The van der Waals surface area contributed by atoms with E-state index in [0.29, 0.717) is 16.9 Å². The van der Waals surface area contributed by atoms with Crippen LogP contribution in [0.15, 0.2) is 5.16 Å². The molecule has 0 radical (unpaired) electrons. The molecule has 0 aliphatic carbocycles. The summed E-state index contributed by atoms with van der Waals surface area (Å²) < 4.78 is 1.68. The first kappa shape index (κ1) is 13.2. The molecule has 3 N–H and O–H groups in total. The van der Waals surface area contributed by atoms with Gasteiger partial charge in [0.05, 0.1) is 5.75 Å². The quantitative estimate of drug-likeness (QED) is 0.707. The minimum Gasteiger partial charge on any atom is -0.368 e. The fraction of sp³-hybridized carbons (Fsp3) is 0.700. The number of nitrogens with zero attached hydrogens (tertiary/aromatic N) is 4. The molecule has 18 heavy (non-hydrogen) atoms. The van der Waals surface area contributed by atoms with Crippen molar-refractivity contribution >= 4 is 23.6 Å². The molecule has 8 heteroatoms. The van der Waals surface area contributed by atoms with E-state index in [4.69, 9.17) is 5.73 Å². The zero-order chi connectivity index (χ0) is 13.0. The molecular formula is C10H18N6OS. The van der Waals surface area contributed by atoms with Crippen molar-refractivity contribution in [3.63, 3.8) is 0 Å². The van der Waals surface area contributed by atoms with Gasteiger partial charge in [-0.15, -0.1) is 10.2 Å². The van der Waals surface area contributed by atoms with Crippen LogP contribution in [0.3, 0.4) is 0 Å². The summed E-state index contributed by atoms with van der Waals surface area (Å²) in [4.78, 5) is 13.9. The molecule has 0 atom stereocenters. The second-order valence-electron chi connectivity index (χ2n) is 4.17. The van der Waals surface area contributed by atoms with Crippen molar-refractivity contribution < 1.29 is 4.79 Å². The molecule has 0 saturated carbocycles. The molecular weight excluding hydrogens is 252 g/mol.